The molecular formula is C23H31ClN4O7S. The molecule has 3 atom stereocenters. The molecule has 3 heterocycles. The van der Waals surface area contributed by atoms with E-state index in [1.807, 2.05) is 7.05 Å². The average Bonchev–Trinajstić information content (AvgIpc) is 3.36. The van der Waals surface area contributed by atoms with Crippen LogP contribution in [0.3, 0.4) is 0 Å². The average molecular weight is 543 g/mol. The molecule has 1 aromatic carbocycles. The molecular weight excluding hydrogens is 512 g/mol. The first kappa shape index (κ1) is 29.6. The van der Waals surface area contributed by atoms with Crippen LogP contribution >= 0.6 is 24.2 Å². The summed E-state index contributed by atoms with van der Waals surface area (Å²) in [6.07, 6.45) is 1.52. The lowest BCUT2D eigenvalue weighted by Crippen LogP contribution is -2.61. The van der Waals surface area contributed by atoms with Crippen LogP contribution in [0, 0.1) is 16.0 Å². The lowest BCUT2D eigenvalue weighted by Gasteiger charge is -2.44. The maximum absolute atomic E-state index is 12.7. The minimum Gasteiger partial charge on any atom is -0.456 e. The number of nitrogens with two attached hydrogens (primary N) is 1. The van der Waals surface area contributed by atoms with E-state index in [1.165, 1.54) is 40.9 Å². The van der Waals surface area contributed by atoms with Gasteiger partial charge >= 0.3 is 5.97 Å². The second kappa shape index (κ2) is 13.0. The van der Waals surface area contributed by atoms with Crippen LogP contribution in [-0.4, -0.2) is 75.6 Å². The Morgan fingerprint density at radius 1 is 1.33 bits per heavy atom. The fraction of sp³-hybridized carbons (Fsp3) is 0.522. The first-order valence-electron chi connectivity index (χ1n) is 11.4. The first-order chi connectivity index (χ1) is 16.6. The summed E-state index contributed by atoms with van der Waals surface area (Å²) in [5.74, 6) is -0.542. The number of carbonyl (C=O) groups excluding carboxylic acids is 3. The summed E-state index contributed by atoms with van der Waals surface area (Å²) in [4.78, 5) is 49.7. The van der Waals surface area contributed by atoms with Gasteiger partial charge in [-0.05, 0) is 31.0 Å². The number of hydrogen-bond donors (Lipinski definition) is 2. The second-order valence-electron chi connectivity index (χ2n) is 8.57. The Balaban J connectivity index is 0.000000492. The van der Waals surface area contributed by atoms with E-state index in [0.717, 1.165) is 24.3 Å². The summed E-state index contributed by atoms with van der Waals surface area (Å²) < 4.78 is 5.35. The molecule has 13 heteroatoms. The zero-order valence-electron chi connectivity index (χ0n) is 20.1. The van der Waals surface area contributed by atoms with Gasteiger partial charge in [-0.15, -0.1) is 24.2 Å². The topological polar surface area (TPSA) is 156 Å². The van der Waals surface area contributed by atoms with Crippen LogP contribution in [0.1, 0.15) is 31.7 Å². The van der Waals surface area contributed by atoms with Crippen LogP contribution in [0.4, 0.5) is 5.69 Å². The number of aliphatic hydroxyl groups excluding tert-OH is 1. The monoisotopic (exact) mass is 542 g/mol. The predicted octanol–water partition coefficient (Wildman–Crippen LogP) is 1.81. The molecule has 0 aliphatic carbocycles. The number of carbonyl (C=O) groups is 3. The molecule has 0 bridgehead atoms. The van der Waals surface area contributed by atoms with Gasteiger partial charge in [-0.25, -0.2) is 4.79 Å². The Labute approximate surface area is 219 Å². The number of nitro benzene ring substituents is 1. The molecule has 2 amide bonds. The largest absolute Gasteiger partial charge is 0.456 e. The minimum atomic E-state index is -0.787. The predicted molar refractivity (Wildman–Crippen MR) is 136 cm³/mol. The molecule has 198 valence electrons. The molecule has 1 aromatic rings. The number of esters is 1. The lowest BCUT2D eigenvalue weighted by atomic mass is 9.83. The summed E-state index contributed by atoms with van der Waals surface area (Å²) in [7, 11) is 1.84. The van der Waals surface area contributed by atoms with Gasteiger partial charge in [0.1, 0.15) is 12.3 Å². The number of rotatable bonds is 8. The number of β-lactam (4-membered cyclic amide) rings is 1. The molecule has 0 aromatic heterocycles. The van der Waals surface area contributed by atoms with Crippen molar-refractivity contribution in [1.82, 2.24) is 9.80 Å². The Kier molecular flexibility index (Phi) is 10.7. The van der Waals surface area contributed by atoms with E-state index >= 15 is 0 Å². The van der Waals surface area contributed by atoms with E-state index in [-0.39, 0.29) is 42.3 Å². The summed E-state index contributed by atoms with van der Waals surface area (Å²) in [5, 5.41) is 20.5. The third-order valence-corrected chi connectivity index (χ3v) is 7.25. The van der Waals surface area contributed by atoms with Gasteiger partial charge in [0.2, 0.25) is 11.8 Å². The molecule has 4 rings (SSSR count). The number of amides is 2. The van der Waals surface area contributed by atoms with Crippen LogP contribution in [0.2, 0.25) is 0 Å². The van der Waals surface area contributed by atoms with E-state index in [4.69, 9.17) is 10.5 Å². The fourth-order valence-corrected chi connectivity index (χ4v) is 5.22. The van der Waals surface area contributed by atoms with Crippen molar-refractivity contribution in [3.63, 3.8) is 0 Å². The van der Waals surface area contributed by atoms with Crippen LogP contribution in [0.5, 0.6) is 0 Å². The number of nitrogens with zero attached hydrogens (tertiary/aromatic N) is 3. The SMILES string of the molecule is CN1CCCC1=O.C[C@@H](O)[C@H]1C(=O)N2C(C(=O)OCc3ccc([N+](=O)[O-])cc3)=C(SCCN)C[C@H]12.Cl. The highest BCUT2D eigenvalue weighted by Gasteiger charge is 2.56. The van der Waals surface area contributed by atoms with Crippen molar-refractivity contribution in [2.75, 3.05) is 25.9 Å². The summed E-state index contributed by atoms with van der Waals surface area (Å²) in [5.41, 5.74) is 6.32. The van der Waals surface area contributed by atoms with Gasteiger partial charge in [0, 0.05) is 55.8 Å². The van der Waals surface area contributed by atoms with Gasteiger partial charge < -0.3 is 25.4 Å². The van der Waals surface area contributed by atoms with Crippen LogP contribution in [0.25, 0.3) is 0 Å². The molecule has 0 spiro atoms. The molecule has 36 heavy (non-hydrogen) atoms. The third-order valence-electron chi connectivity index (χ3n) is 6.10. The maximum Gasteiger partial charge on any atom is 0.356 e. The molecule has 3 aliphatic rings. The van der Waals surface area contributed by atoms with Gasteiger partial charge in [-0.2, -0.15) is 0 Å². The Bertz CT molecular complexity index is 1020. The minimum absolute atomic E-state index is 0. The molecule has 0 unspecified atom stereocenters. The van der Waals surface area contributed by atoms with Crippen molar-refractivity contribution < 1.29 is 29.2 Å². The standard InChI is InChI=1S/C18H21N3O6S.C5H9NO.ClH/c1-10(22)15-13-8-14(28-7-6-19)16(20(13)17(15)23)18(24)27-9-11-2-4-12(5-3-11)21(25)26;1-6-4-2-3-5(6)7;/h2-5,10,13,15,22H,6-9,19H2,1H3;2-4H2,1H3;1H/t10-,13-,15-;;/m1../s1. The van der Waals surface area contributed by atoms with Crippen molar-refractivity contribution in [2.24, 2.45) is 11.7 Å². The Morgan fingerprint density at radius 3 is 2.47 bits per heavy atom. The zero-order valence-corrected chi connectivity index (χ0v) is 21.8. The van der Waals surface area contributed by atoms with Crippen molar-refractivity contribution in [1.29, 1.82) is 0 Å². The van der Waals surface area contributed by atoms with Gasteiger partial charge in [-0.3, -0.25) is 19.7 Å². The van der Waals surface area contributed by atoms with E-state index in [9.17, 15) is 29.6 Å². The number of aliphatic hydroxyl groups is 1. The smallest absolute Gasteiger partial charge is 0.356 e. The molecule has 11 nitrogen and oxygen atoms in total. The molecule has 2 saturated heterocycles. The normalized spacial score (nSPS) is 21.2. The van der Waals surface area contributed by atoms with Crippen molar-refractivity contribution in [3.05, 3.63) is 50.5 Å². The number of halogens is 1. The van der Waals surface area contributed by atoms with Crippen molar-refractivity contribution >= 4 is 47.6 Å². The second-order valence-corrected chi connectivity index (χ2v) is 9.76. The molecule has 0 saturated carbocycles. The van der Waals surface area contributed by atoms with Gasteiger partial charge in [-0.1, -0.05) is 0 Å². The quantitative estimate of drug-likeness (QED) is 0.216. The Hall–Kier alpha value is -2.67. The van der Waals surface area contributed by atoms with E-state index in [0.29, 0.717) is 30.2 Å². The lowest BCUT2D eigenvalue weighted by molar-refractivity contribution is -0.384. The van der Waals surface area contributed by atoms with E-state index in [2.05, 4.69) is 0 Å². The molecule has 0 radical (unpaired) electrons. The van der Waals surface area contributed by atoms with Crippen LogP contribution in [-0.2, 0) is 25.7 Å². The highest BCUT2D eigenvalue weighted by atomic mass is 35.5. The summed E-state index contributed by atoms with van der Waals surface area (Å²) >= 11 is 1.41. The number of thioether (sulfide) groups is 1. The fourth-order valence-electron chi connectivity index (χ4n) is 4.25. The molecule has 2 fully saturated rings. The molecule has 3 aliphatic heterocycles. The maximum atomic E-state index is 12.7. The van der Waals surface area contributed by atoms with Crippen molar-refractivity contribution in [3.8, 4) is 0 Å². The van der Waals surface area contributed by atoms with Gasteiger partial charge in [0.25, 0.3) is 5.69 Å². The number of ether oxygens (including phenoxy) is 1. The van der Waals surface area contributed by atoms with E-state index < -0.39 is 22.9 Å². The number of likely N-dealkylation sites (tertiary alicyclic amines) is 1. The highest BCUT2D eigenvalue weighted by Crippen LogP contribution is 2.47. The molecule has 3 N–H and O–H groups in total. The number of fused-ring (bicyclic) bond motifs is 1. The number of hydrogen-bond acceptors (Lipinski definition) is 9. The number of nitro groups is 1. The van der Waals surface area contributed by atoms with Gasteiger partial charge in [0.15, 0.2) is 0 Å². The highest BCUT2D eigenvalue weighted by molar-refractivity contribution is 8.03. The zero-order chi connectivity index (χ0) is 25.7. The third kappa shape index (κ3) is 6.55. The van der Waals surface area contributed by atoms with E-state index in [1.54, 1.807) is 11.8 Å². The van der Waals surface area contributed by atoms with Gasteiger partial charge in [0.05, 0.1) is 23.0 Å². The first-order valence-corrected chi connectivity index (χ1v) is 12.4. The summed E-state index contributed by atoms with van der Waals surface area (Å²) in [6.45, 7) is 2.88. The summed E-state index contributed by atoms with van der Waals surface area (Å²) in [6, 6.07) is 5.46. The van der Waals surface area contributed by atoms with Crippen LogP contribution < -0.4 is 5.73 Å². The van der Waals surface area contributed by atoms with Crippen LogP contribution in [0.15, 0.2) is 34.9 Å². The number of non-ortho nitro benzene ring substituents is 1. The van der Waals surface area contributed by atoms with Crippen molar-refractivity contribution in [2.45, 2.75) is 44.9 Å². The Morgan fingerprint density at radius 2 is 2.00 bits per heavy atom. The number of benzene rings is 1.